The summed E-state index contributed by atoms with van der Waals surface area (Å²) >= 11 is 0. The van der Waals surface area contributed by atoms with Gasteiger partial charge >= 0.3 is 5.69 Å². The molecule has 98 valence electrons. The average Bonchev–Trinajstić information content (AvgIpc) is 2.28. The number of hydrogen-bond acceptors (Lipinski definition) is 8. The predicted octanol–water partition coefficient (Wildman–Crippen LogP) is -0.798. The van der Waals surface area contributed by atoms with Crippen LogP contribution in [0.3, 0.4) is 0 Å². The van der Waals surface area contributed by atoms with Gasteiger partial charge in [-0.15, -0.1) is 0 Å². The number of aromatic nitrogens is 2. The lowest BCUT2D eigenvalue weighted by molar-refractivity contribution is -0.384. The molecule has 0 unspecified atom stereocenters. The number of rotatable bonds is 2. The van der Waals surface area contributed by atoms with E-state index in [0.29, 0.717) is 0 Å². The molecular formula is C8H11N5O4S. The number of nitro groups is 1. The summed E-state index contributed by atoms with van der Waals surface area (Å²) in [6.45, 7) is 0.333. The Morgan fingerprint density at radius 1 is 1.39 bits per heavy atom. The van der Waals surface area contributed by atoms with Crippen molar-refractivity contribution in [3.8, 4) is 0 Å². The number of nitrogens with zero attached hydrogens (tertiary/aromatic N) is 4. The van der Waals surface area contributed by atoms with Crippen molar-refractivity contribution in [3.63, 3.8) is 0 Å². The van der Waals surface area contributed by atoms with Crippen molar-refractivity contribution in [2.45, 2.75) is 0 Å². The molecule has 1 aromatic rings. The summed E-state index contributed by atoms with van der Waals surface area (Å²) in [6, 6.07) is 0. The minimum Gasteiger partial charge on any atom is -0.368 e. The zero-order chi connectivity index (χ0) is 13.3. The topological polar surface area (TPSA) is 132 Å². The van der Waals surface area contributed by atoms with Gasteiger partial charge in [0.2, 0.25) is 11.8 Å². The summed E-state index contributed by atoms with van der Waals surface area (Å²) in [6.07, 6.45) is 1.03. The van der Waals surface area contributed by atoms with Crippen LogP contribution >= 0.6 is 0 Å². The monoisotopic (exact) mass is 273 g/mol. The Morgan fingerprint density at radius 2 is 2.00 bits per heavy atom. The van der Waals surface area contributed by atoms with Crippen molar-refractivity contribution in [3.05, 3.63) is 16.3 Å². The Hall–Kier alpha value is -1.97. The molecule has 18 heavy (non-hydrogen) atoms. The Bertz CT molecular complexity index is 573. The molecule has 9 nitrogen and oxygen atoms in total. The molecule has 1 saturated heterocycles. The molecule has 1 aliphatic rings. The minimum atomic E-state index is -3.05. The third kappa shape index (κ3) is 2.47. The average molecular weight is 273 g/mol. The van der Waals surface area contributed by atoms with E-state index in [1.165, 1.54) is 4.90 Å². The Balaban J connectivity index is 2.33. The largest absolute Gasteiger partial charge is 0.368 e. The molecule has 2 rings (SSSR count). The fraction of sp³-hybridized carbons (Fsp3) is 0.500. The summed E-state index contributed by atoms with van der Waals surface area (Å²) in [5.41, 5.74) is 5.12. The van der Waals surface area contributed by atoms with Gasteiger partial charge in [-0.05, 0) is 0 Å². The van der Waals surface area contributed by atoms with Gasteiger partial charge in [-0.3, -0.25) is 10.1 Å². The van der Waals surface area contributed by atoms with Gasteiger partial charge in [-0.25, -0.2) is 13.4 Å². The van der Waals surface area contributed by atoms with Gasteiger partial charge in [0.1, 0.15) is 6.20 Å². The molecule has 0 spiro atoms. The maximum Gasteiger partial charge on any atom is 0.329 e. The number of nitrogens with two attached hydrogens (primary N) is 1. The fourth-order valence-corrected chi connectivity index (χ4v) is 2.87. The maximum atomic E-state index is 11.3. The van der Waals surface area contributed by atoms with Gasteiger partial charge in [0.15, 0.2) is 9.84 Å². The minimum absolute atomic E-state index is 0.0476. The molecule has 0 amide bonds. The van der Waals surface area contributed by atoms with Crippen molar-refractivity contribution < 1.29 is 13.3 Å². The third-order valence-corrected chi connectivity index (χ3v) is 4.22. The smallest absolute Gasteiger partial charge is 0.329 e. The summed E-state index contributed by atoms with van der Waals surface area (Å²) < 4.78 is 22.6. The van der Waals surface area contributed by atoms with Gasteiger partial charge < -0.3 is 10.6 Å². The first kappa shape index (κ1) is 12.5. The van der Waals surface area contributed by atoms with Crippen LogP contribution in [0.4, 0.5) is 17.5 Å². The first-order valence-electron chi connectivity index (χ1n) is 5.11. The molecule has 0 aromatic carbocycles. The highest BCUT2D eigenvalue weighted by Crippen LogP contribution is 2.26. The normalized spacial score (nSPS) is 18.6. The number of sulfone groups is 1. The number of nitrogen functional groups attached to an aromatic ring is 1. The van der Waals surface area contributed by atoms with Crippen LogP contribution in [-0.4, -0.2) is 47.9 Å². The summed E-state index contributed by atoms with van der Waals surface area (Å²) in [7, 11) is -3.05. The molecule has 1 aromatic heterocycles. The van der Waals surface area contributed by atoms with Gasteiger partial charge in [0.05, 0.1) is 16.4 Å². The molecule has 1 aliphatic heterocycles. The first-order valence-corrected chi connectivity index (χ1v) is 6.93. The van der Waals surface area contributed by atoms with Crippen molar-refractivity contribution >= 4 is 27.3 Å². The molecule has 0 aliphatic carbocycles. The zero-order valence-electron chi connectivity index (χ0n) is 9.31. The van der Waals surface area contributed by atoms with Gasteiger partial charge in [-0.1, -0.05) is 0 Å². The zero-order valence-corrected chi connectivity index (χ0v) is 10.1. The van der Waals surface area contributed by atoms with E-state index in [1.54, 1.807) is 0 Å². The Morgan fingerprint density at radius 3 is 2.56 bits per heavy atom. The summed E-state index contributed by atoms with van der Waals surface area (Å²) in [5.74, 6) is -0.103. The lowest BCUT2D eigenvalue weighted by Crippen LogP contribution is -2.41. The van der Waals surface area contributed by atoms with Crippen LogP contribution in [0.2, 0.25) is 0 Å². The van der Waals surface area contributed by atoms with Gasteiger partial charge in [0.25, 0.3) is 0 Å². The second kappa shape index (κ2) is 4.37. The molecule has 0 radical (unpaired) electrons. The Labute approximate surface area is 103 Å². The maximum absolute atomic E-state index is 11.3. The van der Waals surface area contributed by atoms with Crippen molar-refractivity contribution in [2.24, 2.45) is 0 Å². The first-order chi connectivity index (χ1) is 8.39. The second-order valence-corrected chi connectivity index (χ2v) is 6.14. The van der Waals surface area contributed by atoms with Crippen molar-refractivity contribution in [1.82, 2.24) is 9.97 Å². The van der Waals surface area contributed by atoms with E-state index in [4.69, 9.17) is 5.73 Å². The lowest BCUT2D eigenvalue weighted by Gasteiger charge is -2.27. The van der Waals surface area contributed by atoms with Crippen LogP contribution < -0.4 is 10.6 Å². The van der Waals surface area contributed by atoms with E-state index in [-0.39, 0.29) is 42.0 Å². The number of anilines is 2. The van der Waals surface area contributed by atoms with E-state index in [9.17, 15) is 18.5 Å². The van der Waals surface area contributed by atoms with Crippen molar-refractivity contribution in [1.29, 1.82) is 0 Å². The van der Waals surface area contributed by atoms with E-state index >= 15 is 0 Å². The lowest BCUT2D eigenvalue weighted by atomic mass is 10.4. The molecule has 0 bridgehead atoms. The van der Waals surface area contributed by atoms with E-state index in [1.807, 2.05) is 0 Å². The highest BCUT2D eigenvalue weighted by atomic mass is 32.2. The van der Waals surface area contributed by atoms with Crippen LogP contribution in [0.15, 0.2) is 6.20 Å². The molecule has 0 saturated carbocycles. The van der Waals surface area contributed by atoms with Crippen LogP contribution in [0, 0.1) is 10.1 Å². The predicted molar refractivity (Wildman–Crippen MR) is 64.0 cm³/mol. The second-order valence-electron chi connectivity index (χ2n) is 3.83. The van der Waals surface area contributed by atoms with Crippen LogP contribution in [-0.2, 0) is 9.84 Å². The van der Waals surface area contributed by atoms with Gasteiger partial charge in [0, 0.05) is 13.1 Å². The molecule has 10 heteroatoms. The molecule has 2 heterocycles. The fourth-order valence-electron chi connectivity index (χ4n) is 1.67. The molecular weight excluding hydrogens is 262 g/mol. The van der Waals surface area contributed by atoms with E-state index in [0.717, 1.165) is 6.20 Å². The molecule has 1 fully saturated rings. The quantitative estimate of drug-likeness (QED) is 0.547. The van der Waals surface area contributed by atoms with Crippen LogP contribution in [0.5, 0.6) is 0 Å². The SMILES string of the molecule is Nc1ncc([N+](=O)[O-])c(N2CCS(=O)(=O)CC2)n1. The van der Waals surface area contributed by atoms with Crippen molar-refractivity contribution in [2.75, 3.05) is 35.2 Å². The summed E-state index contributed by atoms with van der Waals surface area (Å²) in [5, 5.41) is 10.8. The molecule has 2 N–H and O–H groups in total. The highest BCUT2D eigenvalue weighted by Gasteiger charge is 2.28. The van der Waals surface area contributed by atoms with Crippen LogP contribution in [0.1, 0.15) is 0 Å². The standard InChI is InChI=1S/C8H11N5O4S/c9-8-10-5-6(13(14)15)7(11-8)12-1-3-18(16,17)4-2-12/h5H,1-4H2,(H2,9,10,11). The van der Waals surface area contributed by atoms with E-state index < -0.39 is 14.8 Å². The summed E-state index contributed by atoms with van der Waals surface area (Å²) in [4.78, 5) is 19.2. The molecule has 0 atom stereocenters. The Kier molecular flexibility index (Phi) is 3.03. The number of hydrogen-bond donors (Lipinski definition) is 1. The van der Waals surface area contributed by atoms with Crippen LogP contribution in [0.25, 0.3) is 0 Å². The highest BCUT2D eigenvalue weighted by molar-refractivity contribution is 7.91. The van der Waals surface area contributed by atoms with E-state index in [2.05, 4.69) is 9.97 Å². The van der Waals surface area contributed by atoms with Gasteiger partial charge in [-0.2, -0.15) is 4.98 Å². The third-order valence-electron chi connectivity index (χ3n) is 2.61.